The van der Waals surface area contributed by atoms with Gasteiger partial charge in [0.2, 0.25) is 16.0 Å². The number of nitrogens with zero attached hydrogens (tertiary/aromatic N) is 3. The van der Waals surface area contributed by atoms with Gasteiger partial charge in [-0.1, -0.05) is 6.92 Å². The minimum atomic E-state index is -3.80. The Labute approximate surface area is 118 Å². The molecule has 0 aliphatic rings. The maximum Gasteiger partial charge on any atom is 0.246 e. The number of hydrogen-bond donors (Lipinski definition) is 3. The van der Waals surface area contributed by atoms with E-state index in [1.165, 1.54) is 12.4 Å². The molecule has 0 spiro atoms. The van der Waals surface area contributed by atoms with Crippen molar-refractivity contribution in [3.63, 3.8) is 0 Å². The molecule has 1 heterocycles. The largest absolute Gasteiger partial charge is 0.395 e. The smallest absolute Gasteiger partial charge is 0.246 e. The third-order valence-electron chi connectivity index (χ3n) is 2.50. The SMILES string of the molecule is CCCNc1ncc(S(=O)(=O)N(CCO)CCO)cn1. The van der Waals surface area contributed by atoms with Crippen LogP contribution in [0, 0.1) is 0 Å². The van der Waals surface area contributed by atoms with E-state index in [-0.39, 0.29) is 31.2 Å². The van der Waals surface area contributed by atoms with Crippen molar-refractivity contribution >= 4 is 16.0 Å². The van der Waals surface area contributed by atoms with Crippen LogP contribution in [-0.4, -0.2) is 65.8 Å². The van der Waals surface area contributed by atoms with Gasteiger partial charge in [0.1, 0.15) is 4.90 Å². The lowest BCUT2D eigenvalue weighted by Gasteiger charge is -2.19. The zero-order valence-corrected chi connectivity index (χ0v) is 12.2. The van der Waals surface area contributed by atoms with Crippen molar-refractivity contribution < 1.29 is 18.6 Å². The molecule has 114 valence electrons. The van der Waals surface area contributed by atoms with Crippen molar-refractivity contribution in [2.24, 2.45) is 0 Å². The quantitative estimate of drug-likeness (QED) is 0.551. The lowest BCUT2D eigenvalue weighted by molar-refractivity contribution is 0.217. The molecule has 1 aromatic heterocycles. The zero-order valence-electron chi connectivity index (χ0n) is 11.4. The Kier molecular flexibility index (Phi) is 6.79. The number of hydrogen-bond acceptors (Lipinski definition) is 7. The highest BCUT2D eigenvalue weighted by Gasteiger charge is 2.24. The average Bonchev–Trinajstić information content (AvgIpc) is 2.45. The molecule has 9 heteroatoms. The second kappa shape index (κ2) is 8.10. The molecule has 0 atom stereocenters. The van der Waals surface area contributed by atoms with Crippen LogP contribution in [0.3, 0.4) is 0 Å². The van der Waals surface area contributed by atoms with Crippen LogP contribution in [0.15, 0.2) is 17.3 Å². The fourth-order valence-electron chi connectivity index (χ4n) is 1.50. The summed E-state index contributed by atoms with van der Waals surface area (Å²) in [5.41, 5.74) is 0. The molecule has 0 saturated carbocycles. The van der Waals surface area contributed by atoms with Gasteiger partial charge >= 0.3 is 0 Å². The van der Waals surface area contributed by atoms with Gasteiger partial charge in [0.15, 0.2) is 0 Å². The maximum absolute atomic E-state index is 12.2. The van der Waals surface area contributed by atoms with E-state index in [0.29, 0.717) is 12.5 Å². The Hall–Kier alpha value is -1.29. The van der Waals surface area contributed by atoms with E-state index in [1.807, 2.05) is 6.92 Å². The predicted molar refractivity (Wildman–Crippen MR) is 73.7 cm³/mol. The van der Waals surface area contributed by atoms with Crippen LogP contribution in [0.2, 0.25) is 0 Å². The lowest BCUT2D eigenvalue weighted by Crippen LogP contribution is -2.36. The molecule has 8 nitrogen and oxygen atoms in total. The number of aliphatic hydroxyl groups is 2. The maximum atomic E-state index is 12.2. The molecule has 0 unspecified atom stereocenters. The van der Waals surface area contributed by atoms with Crippen LogP contribution >= 0.6 is 0 Å². The molecule has 0 aliphatic heterocycles. The fourth-order valence-corrected chi connectivity index (χ4v) is 2.82. The molecule has 0 aliphatic carbocycles. The van der Waals surface area contributed by atoms with Crippen molar-refractivity contribution in [1.29, 1.82) is 0 Å². The fraction of sp³-hybridized carbons (Fsp3) is 0.636. The van der Waals surface area contributed by atoms with Gasteiger partial charge in [-0.3, -0.25) is 0 Å². The van der Waals surface area contributed by atoms with Crippen LogP contribution in [0.4, 0.5) is 5.95 Å². The highest BCUT2D eigenvalue weighted by molar-refractivity contribution is 7.89. The molecular weight excluding hydrogens is 284 g/mol. The third kappa shape index (κ3) is 4.37. The number of anilines is 1. The zero-order chi connectivity index (χ0) is 15.0. The van der Waals surface area contributed by atoms with Crippen molar-refractivity contribution in [2.45, 2.75) is 18.2 Å². The van der Waals surface area contributed by atoms with Crippen LogP contribution in [0.5, 0.6) is 0 Å². The molecule has 0 fully saturated rings. The van der Waals surface area contributed by atoms with Gasteiger partial charge in [0.05, 0.1) is 25.6 Å². The van der Waals surface area contributed by atoms with Gasteiger partial charge in [-0.05, 0) is 6.42 Å². The average molecular weight is 304 g/mol. The van der Waals surface area contributed by atoms with E-state index < -0.39 is 10.0 Å². The Morgan fingerprint density at radius 2 is 1.75 bits per heavy atom. The van der Waals surface area contributed by atoms with Gasteiger partial charge < -0.3 is 15.5 Å². The first kappa shape index (κ1) is 16.8. The molecule has 1 rings (SSSR count). The van der Waals surface area contributed by atoms with Gasteiger partial charge in [0, 0.05) is 19.6 Å². The highest BCUT2D eigenvalue weighted by atomic mass is 32.2. The van der Waals surface area contributed by atoms with Crippen molar-refractivity contribution in [1.82, 2.24) is 14.3 Å². The number of aliphatic hydroxyl groups excluding tert-OH is 2. The molecule has 1 aromatic rings. The summed E-state index contributed by atoms with van der Waals surface area (Å²) in [6.45, 7) is 1.88. The standard InChI is InChI=1S/C11H20N4O4S/c1-2-3-12-11-13-8-10(9-14-11)20(18,19)15(4-6-16)5-7-17/h8-9,16-17H,2-7H2,1H3,(H,12,13,14). The van der Waals surface area contributed by atoms with E-state index in [2.05, 4.69) is 15.3 Å². The van der Waals surface area contributed by atoms with E-state index in [9.17, 15) is 8.42 Å². The minimum absolute atomic E-state index is 0.0681. The second-order valence-corrected chi connectivity index (χ2v) is 5.96. The lowest BCUT2D eigenvalue weighted by atomic mass is 10.5. The summed E-state index contributed by atoms with van der Waals surface area (Å²) in [6.07, 6.45) is 3.33. The molecule has 0 amide bonds. The minimum Gasteiger partial charge on any atom is -0.395 e. The Morgan fingerprint density at radius 1 is 1.20 bits per heavy atom. The Morgan fingerprint density at radius 3 is 2.20 bits per heavy atom. The van der Waals surface area contributed by atoms with E-state index in [0.717, 1.165) is 10.7 Å². The van der Waals surface area contributed by atoms with Crippen molar-refractivity contribution in [3.05, 3.63) is 12.4 Å². The first-order valence-electron chi connectivity index (χ1n) is 6.34. The molecule has 0 radical (unpaired) electrons. The van der Waals surface area contributed by atoms with E-state index in [1.54, 1.807) is 0 Å². The van der Waals surface area contributed by atoms with Crippen molar-refractivity contribution in [3.8, 4) is 0 Å². The molecule has 20 heavy (non-hydrogen) atoms. The second-order valence-electron chi connectivity index (χ2n) is 4.02. The van der Waals surface area contributed by atoms with Gasteiger partial charge in [-0.25, -0.2) is 18.4 Å². The number of rotatable bonds is 9. The summed E-state index contributed by atoms with van der Waals surface area (Å²) in [5, 5.41) is 20.7. The summed E-state index contributed by atoms with van der Waals surface area (Å²) in [7, 11) is -3.80. The number of sulfonamides is 1. The molecular formula is C11H20N4O4S. The predicted octanol–water partition coefficient (Wildman–Crippen LogP) is -0.726. The summed E-state index contributed by atoms with van der Waals surface area (Å²) in [4.78, 5) is 7.80. The van der Waals surface area contributed by atoms with Crippen molar-refractivity contribution in [2.75, 3.05) is 38.2 Å². The first-order valence-corrected chi connectivity index (χ1v) is 7.78. The first-order chi connectivity index (χ1) is 9.56. The third-order valence-corrected chi connectivity index (χ3v) is 4.35. The van der Waals surface area contributed by atoms with Gasteiger partial charge in [0.25, 0.3) is 0 Å². The highest BCUT2D eigenvalue weighted by Crippen LogP contribution is 2.14. The molecule has 0 bridgehead atoms. The summed E-state index contributed by atoms with van der Waals surface area (Å²) < 4.78 is 25.5. The Balaban J connectivity index is 2.90. The monoisotopic (exact) mass is 304 g/mol. The van der Waals surface area contributed by atoms with Crippen LogP contribution < -0.4 is 5.32 Å². The summed E-state index contributed by atoms with van der Waals surface area (Å²) >= 11 is 0. The summed E-state index contributed by atoms with van der Waals surface area (Å²) in [5.74, 6) is 0.363. The van der Waals surface area contributed by atoms with Gasteiger partial charge in [-0.2, -0.15) is 4.31 Å². The normalized spacial score (nSPS) is 11.8. The molecule has 0 aromatic carbocycles. The van der Waals surface area contributed by atoms with Crippen LogP contribution in [0.25, 0.3) is 0 Å². The van der Waals surface area contributed by atoms with E-state index in [4.69, 9.17) is 10.2 Å². The van der Waals surface area contributed by atoms with E-state index >= 15 is 0 Å². The molecule has 3 N–H and O–H groups in total. The van der Waals surface area contributed by atoms with Gasteiger partial charge in [-0.15, -0.1) is 0 Å². The molecule has 0 saturated heterocycles. The summed E-state index contributed by atoms with van der Waals surface area (Å²) in [6, 6.07) is 0. The Bertz CT molecular complexity index is 486. The topological polar surface area (TPSA) is 116 Å². The number of nitrogens with one attached hydrogen (secondary N) is 1. The van der Waals surface area contributed by atoms with Crippen LogP contribution in [-0.2, 0) is 10.0 Å². The van der Waals surface area contributed by atoms with Crippen LogP contribution in [0.1, 0.15) is 13.3 Å². The number of aromatic nitrogens is 2.